The Morgan fingerprint density at radius 3 is 2.53 bits per heavy atom. The fraction of sp³-hybridized carbons (Fsp3) is 0.909. The zero-order valence-corrected chi connectivity index (χ0v) is 9.53. The molecule has 0 amide bonds. The van der Waals surface area contributed by atoms with Crippen LogP contribution in [-0.2, 0) is 19.0 Å². The molecule has 1 fully saturated rings. The number of hydrogen-bond donors (Lipinski definition) is 0. The fourth-order valence-electron chi connectivity index (χ4n) is 1.55. The van der Waals surface area contributed by atoms with E-state index >= 15 is 0 Å². The minimum absolute atomic E-state index is 0.362. The van der Waals surface area contributed by atoms with Crippen molar-refractivity contribution in [3.8, 4) is 0 Å². The summed E-state index contributed by atoms with van der Waals surface area (Å²) >= 11 is 0. The van der Waals surface area contributed by atoms with Crippen LogP contribution in [0.3, 0.4) is 0 Å². The molecule has 15 heavy (non-hydrogen) atoms. The Morgan fingerprint density at radius 2 is 2.00 bits per heavy atom. The van der Waals surface area contributed by atoms with Crippen LogP contribution in [0.25, 0.3) is 0 Å². The zero-order valence-electron chi connectivity index (χ0n) is 9.53. The maximum atomic E-state index is 11.2. The fourth-order valence-corrected chi connectivity index (χ4v) is 1.55. The van der Waals surface area contributed by atoms with E-state index in [1.54, 1.807) is 6.92 Å². The van der Waals surface area contributed by atoms with Crippen LogP contribution in [0.15, 0.2) is 0 Å². The molecule has 4 nitrogen and oxygen atoms in total. The first-order valence-electron chi connectivity index (χ1n) is 5.67. The molecule has 1 aliphatic heterocycles. The monoisotopic (exact) mass is 216 g/mol. The molecule has 0 aromatic rings. The van der Waals surface area contributed by atoms with E-state index in [1.165, 1.54) is 12.8 Å². The van der Waals surface area contributed by atoms with E-state index in [1.807, 2.05) is 0 Å². The van der Waals surface area contributed by atoms with Crippen molar-refractivity contribution in [2.45, 2.75) is 39.4 Å². The maximum Gasteiger partial charge on any atom is 0.363 e. The standard InChI is InChI=1S/C11H20O4/c1-3-5-6-9-7-14-11(15-8-9)10(12)13-4-2/h9,11H,3-8H2,1-2H3. The van der Waals surface area contributed by atoms with Gasteiger partial charge in [0.1, 0.15) is 0 Å². The first kappa shape index (κ1) is 12.5. The summed E-state index contributed by atoms with van der Waals surface area (Å²) in [7, 11) is 0. The van der Waals surface area contributed by atoms with Gasteiger partial charge in [-0.05, 0) is 13.3 Å². The van der Waals surface area contributed by atoms with E-state index < -0.39 is 12.3 Å². The Kier molecular flexibility index (Phi) is 5.65. The number of ether oxygens (including phenoxy) is 3. The molecule has 0 aliphatic carbocycles. The minimum atomic E-state index is -0.803. The lowest BCUT2D eigenvalue weighted by molar-refractivity contribution is -0.221. The Labute approximate surface area is 90.9 Å². The van der Waals surface area contributed by atoms with E-state index in [2.05, 4.69) is 6.92 Å². The van der Waals surface area contributed by atoms with Crippen molar-refractivity contribution in [2.75, 3.05) is 19.8 Å². The van der Waals surface area contributed by atoms with Gasteiger partial charge in [-0.25, -0.2) is 4.79 Å². The number of unbranched alkanes of at least 4 members (excludes halogenated alkanes) is 1. The number of esters is 1. The molecule has 0 aromatic carbocycles. The van der Waals surface area contributed by atoms with Gasteiger partial charge in [-0.3, -0.25) is 0 Å². The molecule has 1 saturated heterocycles. The Balaban J connectivity index is 2.20. The first-order chi connectivity index (χ1) is 7.27. The molecule has 88 valence electrons. The third-order valence-corrected chi connectivity index (χ3v) is 2.41. The van der Waals surface area contributed by atoms with Crippen molar-refractivity contribution in [3.05, 3.63) is 0 Å². The van der Waals surface area contributed by atoms with Crippen LogP contribution in [0.1, 0.15) is 33.1 Å². The molecule has 4 heteroatoms. The Hall–Kier alpha value is -0.610. The van der Waals surface area contributed by atoms with E-state index in [-0.39, 0.29) is 0 Å². The summed E-state index contributed by atoms with van der Waals surface area (Å²) in [6.45, 7) is 5.49. The highest BCUT2D eigenvalue weighted by molar-refractivity contribution is 5.73. The van der Waals surface area contributed by atoms with E-state index in [0.29, 0.717) is 25.7 Å². The zero-order chi connectivity index (χ0) is 11.1. The highest BCUT2D eigenvalue weighted by Gasteiger charge is 2.28. The summed E-state index contributed by atoms with van der Waals surface area (Å²) in [6, 6.07) is 0. The van der Waals surface area contributed by atoms with Crippen molar-refractivity contribution in [2.24, 2.45) is 5.92 Å². The van der Waals surface area contributed by atoms with Crippen LogP contribution < -0.4 is 0 Å². The second kappa shape index (κ2) is 6.80. The maximum absolute atomic E-state index is 11.2. The quantitative estimate of drug-likeness (QED) is 0.656. The van der Waals surface area contributed by atoms with Crippen molar-refractivity contribution in [1.82, 2.24) is 0 Å². The highest BCUT2D eigenvalue weighted by atomic mass is 16.7. The second-order valence-corrected chi connectivity index (χ2v) is 3.76. The number of rotatable bonds is 5. The summed E-state index contributed by atoms with van der Waals surface area (Å²) in [5, 5.41) is 0. The topological polar surface area (TPSA) is 44.8 Å². The lowest BCUT2D eigenvalue weighted by Crippen LogP contribution is -2.38. The van der Waals surface area contributed by atoms with Gasteiger partial charge < -0.3 is 14.2 Å². The molecule has 1 heterocycles. The minimum Gasteiger partial charge on any atom is -0.462 e. The van der Waals surface area contributed by atoms with Crippen LogP contribution in [-0.4, -0.2) is 32.1 Å². The third kappa shape index (κ3) is 4.18. The van der Waals surface area contributed by atoms with E-state index in [4.69, 9.17) is 14.2 Å². The average molecular weight is 216 g/mol. The molecular weight excluding hydrogens is 196 g/mol. The molecule has 1 aliphatic rings. The highest BCUT2D eigenvalue weighted by Crippen LogP contribution is 2.17. The lowest BCUT2D eigenvalue weighted by atomic mass is 10.0. The van der Waals surface area contributed by atoms with Crippen molar-refractivity contribution in [3.63, 3.8) is 0 Å². The number of carbonyl (C=O) groups excluding carboxylic acids is 1. The summed E-state index contributed by atoms with van der Waals surface area (Å²) in [5.41, 5.74) is 0. The van der Waals surface area contributed by atoms with Crippen LogP contribution in [0, 0.1) is 5.92 Å². The third-order valence-electron chi connectivity index (χ3n) is 2.41. The SMILES string of the molecule is CCCCC1COC(C(=O)OCC)OC1. The van der Waals surface area contributed by atoms with E-state index in [0.717, 1.165) is 6.42 Å². The lowest BCUT2D eigenvalue weighted by Gasteiger charge is -2.27. The summed E-state index contributed by atoms with van der Waals surface area (Å²) < 4.78 is 15.4. The van der Waals surface area contributed by atoms with Gasteiger partial charge in [-0.2, -0.15) is 0 Å². The van der Waals surface area contributed by atoms with Gasteiger partial charge >= 0.3 is 5.97 Å². The summed E-state index contributed by atoms with van der Waals surface area (Å²) in [5.74, 6) is 0.0158. The van der Waals surface area contributed by atoms with Gasteiger partial charge in [-0.1, -0.05) is 19.8 Å². The predicted octanol–water partition coefficient (Wildman–Crippen LogP) is 1.73. The molecule has 0 N–H and O–H groups in total. The van der Waals surface area contributed by atoms with E-state index in [9.17, 15) is 4.79 Å². The molecule has 0 aromatic heterocycles. The van der Waals surface area contributed by atoms with Crippen molar-refractivity contribution >= 4 is 5.97 Å². The molecule has 0 spiro atoms. The molecule has 0 bridgehead atoms. The largest absolute Gasteiger partial charge is 0.462 e. The van der Waals surface area contributed by atoms with Crippen LogP contribution in [0.5, 0.6) is 0 Å². The first-order valence-corrected chi connectivity index (χ1v) is 5.67. The second-order valence-electron chi connectivity index (χ2n) is 3.76. The van der Waals surface area contributed by atoms with Gasteiger partial charge in [-0.15, -0.1) is 0 Å². The van der Waals surface area contributed by atoms with Gasteiger partial charge in [0.05, 0.1) is 19.8 Å². The van der Waals surface area contributed by atoms with Crippen LogP contribution in [0.2, 0.25) is 0 Å². The molecular formula is C11H20O4. The molecule has 0 atom stereocenters. The molecule has 0 unspecified atom stereocenters. The van der Waals surface area contributed by atoms with Crippen molar-refractivity contribution in [1.29, 1.82) is 0 Å². The van der Waals surface area contributed by atoms with Crippen LogP contribution >= 0.6 is 0 Å². The normalized spacial score (nSPS) is 26.3. The molecule has 1 rings (SSSR count). The summed E-state index contributed by atoms with van der Waals surface area (Å²) in [4.78, 5) is 11.2. The van der Waals surface area contributed by atoms with Gasteiger partial charge in [0.2, 0.25) is 0 Å². The van der Waals surface area contributed by atoms with Gasteiger partial charge in [0.25, 0.3) is 6.29 Å². The van der Waals surface area contributed by atoms with Gasteiger partial charge in [0, 0.05) is 5.92 Å². The smallest absolute Gasteiger partial charge is 0.363 e. The average Bonchev–Trinajstić information content (AvgIpc) is 2.27. The molecule has 0 saturated carbocycles. The number of hydrogen-bond acceptors (Lipinski definition) is 4. The predicted molar refractivity (Wildman–Crippen MR) is 55.3 cm³/mol. The van der Waals surface area contributed by atoms with Crippen LogP contribution in [0.4, 0.5) is 0 Å². The Bertz CT molecular complexity index is 185. The molecule has 0 radical (unpaired) electrons. The number of carbonyl (C=O) groups is 1. The Morgan fingerprint density at radius 1 is 1.33 bits per heavy atom. The van der Waals surface area contributed by atoms with Crippen molar-refractivity contribution < 1.29 is 19.0 Å². The summed E-state index contributed by atoms with van der Waals surface area (Å²) in [6.07, 6.45) is 2.66. The van der Waals surface area contributed by atoms with Gasteiger partial charge in [0.15, 0.2) is 0 Å².